The van der Waals surface area contributed by atoms with Crippen LogP contribution in [0.3, 0.4) is 0 Å². The molecule has 0 spiro atoms. The Kier molecular flexibility index (Phi) is 7.86. The van der Waals surface area contributed by atoms with Gasteiger partial charge in [0.15, 0.2) is 0 Å². The maximum atomic E-state index is 5.82. The van der Waals surface area contributed by atoms with Gasteiger partial charge >= 0.3 is 0 Å². The van der Waals surface area contributed by atoms with Crippen molar-refractivity contribution in [1.82, 2.24) is 4.98 Å². The fraction of sp³-hybridized carbons (Fsp3) is 0.370. The molecule has 2 nitrogen and oxygen atoms in total. The number of rotatable bonds is 10. The van der Waals surface area contributed by atoms with E-state index in [1.54, 1.807) is 0 Å². The van der Waals surface area contributed by atoms with Gasteiger partial charge in [0.05, 0.1) is 6.61 Å². The van der Waals surface area contributed by atoms with Gasteiger partial charge in [0.1, 0.15) is 5.75 Å². The highest BCUT2D eigenvalue weighted by atomic mass is 16.5. The first-order chi connectivity index (χ1) is 14.2. The normalized spacial score (nSPS) is 12.0. The monoisotopic (exact) mass is 387 g/mol. The van der Waals surface area contributed by atoms with Gasteiger partial charge < -0.3 is 4.74 Å². The highest BCUT2D eigenvalue weighted by molar-refractivity contribution is 5.64. The Balaban J connectivity index is 1.63. The van der Waals surface area contributed by atoms with Crippen LogP contribution in [0.4, 0.5) is 0 Å². The number of aromatic nitrogens is 1. The molecule has 3 aromatic rings. The summed E-state index contributed by atoms with van der Waals surface area (Å²) in [5.41, 5.74) is 6.18. The summed E-state index contributed by atoms with van der Waals surface area (Å²) in [6.07, 6.45) is 7.84. The first kappa shape index (κ1) is 21.1. The van der Waals surface area contributed by atoms with Crippen LogP contribution in [0.2, 0.25) is 0 Å². The Morgan fingerprint density at radius 2 is 1.48 bits per heavy atom. The highest BCUT2D eigenvalue weighted by Crippen LogP contribution is 2.27. The Morgan fingerprint density at radius 3 is 2.07 bits per heavy atom. The molecule has 3 rings (SSSR count). The van der Waals surface area contributed by atoms with Crippen LogP contribution in [0.1, 0.15) is 69.2 Å². The van der Waals surface area contributed by atoms with Crippen molar-refractivity contribution in [1.29, 1.82) is 0 Å². The minimum Gasteiger partial charge on any atom is -0.494 e. The molecule has 0 saturated carbocycles. The topological polar surface area (TPSA) is 22.1 Å². The second-order valence-corrected chi connectivity index (χ2v) is 7.76. The van der Waals surface area contributed by atoms with Crippen LogP contribution < -0.4 is 4.74 Å². The maximum absolute atomic E-state index is 5.82. The van der Waals surface area contributed by atoms with Gasteiger partial charge in [-0.2, -0.15) is 0 Å². The number of hydrogen-bond donors (Lipinski definition) is 0. The molecule has 2 heteroatoms. The zero-order valence-electron chi connectivity index (χ0n) is 18.0. The third-order valence-electron chi connectivity index (χ3n) is 5.44. The van der Waals surface area contributed by atoms with Crippen LogP contribution in [0.5, 0.6) is 5.75 Å². The van der Waals surface area contributed by atoms with Gasteiger partial charge in [0, 0.05) is 17.8 Å². The van der Waals surface area contributed by atoms with E-state index in [2.05, 4.69) is 86.4 Å². The summed E-state index contributed by atoms with van der Waals surface area (Å²) in [4.78, 5) is 4.69. The molecule has 0 radical (unpaired) electrons. The minimum atomic E-state index is 0.290. The van der Waals surface area contributed by atoms with E-state index in [9.17, 15) is 0 Å². The van der Waals surface area contributed by atoms with Crippen LogP contribution in [-0.4, -0.2) is 11.6 Å². The number of hydrogen-bond acceptors (Lipinski definition) is 2. The molecule has 0 aliphatic carbocycles. The summed E-state index contributed by atoms with van der Waals surface area (Å²) in [6, 6.07) is 21.6. The predicted octanol–water partition coefficient (Wildman–Crippen LogP) is 7.42. The number of benzene rings is 2. The third-order valence-corrected chi connectivity index (χ3v) is 5.44. The fourth-order valence-corrected chi connectivity index (χ4v) is 3.55. The predicted molar refractivity (Wildman–Crippen MR) is 123 cm³/mol. The van der Waals surface area contributed by atoms with E-state index < -0.39 is 0 Å². The summed E-state index contributed by atoms with van der Waals surface area (Å²) in [7, 11) is 0. The van der Waals surface area contributed by atoms with Crippen molar-refractivity contribution in [3.63, 3.8) is 0 Å². The van der Waals surface area contributed by atoms with Crippen molar-refractivity contribution in [2.45, 2.75) is 58.8 Å². The average Bonchev–Trinajstić information content (AvgIpc) is 2.78. The molecule has 152 valence electrons. The van der Waals surface area contributed by atoms with Crippen molar-refractivity contribution >= 4 is 0 Å². The molecule has 0 aliphatic heterocycles. The maximum Gasteiger partial charge on any atom is 0.119 e. The molecule has 29 heavy (non-hydrogen) atoms. The molecule has 0 saturated heterocycles. The molecule has 1 aromatic heterocycles. The number of ether oxygens (including phenoxy) is 1. The van der Waals surface area contributed by atoms with Crippen molar-refractivity contribution in [3.05, 3.63) is 83.7 Å². The van der Waals surface area contributed by atoms with Crippen LogP contribution in [0.25, 0.3) is 11.1 Å². The number of nitrogens with zero attached hydrogens (tertiary/aromatic N) is 1. The Hall–Kier alpha value is -2.61. The summed E-state index contributed by atoms with van der Waals surface area (Å²) >= 11 is 0. The largest absolute Gasteiger partial charge is 0.494 e. The molecule has 0 amide bonds. The first-order valence-corrected chi connectivity index (χ1v) is 11.0. The Morgan fingerprint density at radius 1 is 0.793 bits per heavy atom. The lowest BCUT2D eigenvalue weighted by Gasteiger charge is -2.13. The quantitative estimate of drug-likeness (QED) is 0.338. The smallest absolute Gasteiger partial charge is 0.119 e. The zero-order valence-corrected chi connectivity index (χ0v) is 18.0. The van der Waals surface area contributed by atoms with Crippen LogP contribution in [0, 0.1) is 0 Å². The van der Waals surface area contributed by atoms with E-state index in [4.69, 9.17) is 4.74 Å². The Bertz CT molecular complexity index is 851. The summed E-state index contributed by atoms with van der Waals surface area (Å²) < 4.78 is 5.82. The van der Waals surface area contributed by atoms with E-state index in [-0.39, 0.29) is 0 Å². The molecule has 1 heterocycles. The van der Waals surface area contributed by atoms with Crippen molar-refractivity contribution < 1.29 is 4.74 Å². The van der Waals surface area contributed by atoms with Gasteiger partial charge in [-0.05, 0) is 53.3 Å². The van der Waals surface area contributed by atoms with Gasteiger partial charge in [-0.25, -0.2) is 0 Å². The van der Waals surface area contributed by atoms with E-state index in [1.807, 2.05) is 6.20 Å². The molecule has 0 bridgehead atoms. The van der Waals surface area contributed by atoms with Crippen molar-refractivity contribution in [3.8, 4) is 16.9 Å². The third kappa shape index (κ3) is 5.93. The van der Waals surface area contributed by atoms with Crippen LogP contribution >= 0.6 is 0 Å². The van der Waals surface area contributed by atoms with Crippen LogP contribution in [-0.2, 0) is 6.42 Å². The number of pyridine rings is 1. The average molecular weight is 388 g/mol. The lowest BCUT2D eigenvalue weighted by molar-refractivity contribution is 0.306. The van der Waals surface area contributed by atoms with Crippen molar-refractivity contribution in [2.24, 2.45) is 0 Å². The lowest BCUT2D eigenvalue weighted by Crippen LogP contribution is -2.00. The molecule has 2 aromatic carbocycles. The van der Waals surface area contributed by atoms with Gasteiger partial charge in [-0.15, -0.1) is 0 Å². The summed E-state index contributed by atoms with van der Waals surface area (Å²) in [5.74, 6) is 1.24. The molecular formula is C27H33NO. The summed E-state index contributed by atoms with van der Waals surface area (Å²) in [5, 5.41) is 0. The van der Waals surface area contributed by atoms with Gasteiger partial charge in [-0.3, -0.25) is 4.98 Å². The molecule has 1 unspecified atom stereocenters. The summed E-state index contributed by atoms with van der Waals surface area (Å²) in [6.45, 7) is 7.43. The minimum absolute atomic E-state index is 0.290. The fourth-order valence-electron chi connectivity index (χ4n) is 3.55. The first-order valence-electron chi connectivity index (χ1n) is 11.0. The lowest BCUT2D eigenvalue weighted by atomic mass is 9.94. The second-order valence-electron chi connectivity index (χ2n) is 7.76. The highest BCUT2D eigenvalue weighted by Gasteiger charge is 2.10. The molecule has 0 N–H and O–H groups in total. The van der Waals surface area contributed by atoms with Gasteiger partial charge in [0.25, 0.3) is 0 Å². The van der Waals surface area contributed by atoms with Gasteiger partial charge in [-0.1, -0.05) is 82.5 Å². The van der Waals surface area contributed by atoms with E-state index >= 15 is 0 Å². The second kappa shape index (κ2) is 10.8. The SMILES string of the molecule is CCCCCOc1ccc(-c2ccc(C(C)c3ccc(CCC)cn3)cc2)cc1. The Labute approximate surface area is 176 Å². The standard InChI is InChI=1S/C27H33NO/c1-4-6-7-19-29-26-16-14-25(15-17-26)24-12-10-23(11-13-24)21(3)27-18-9-22(8-5-2)20-28-27/h9-18,20-21H,4-8,19H2,1-3H3. The molecule has 1 atom stereocenters. The number of unbranched alkanes of at least 4 members (excludes halogenated alkanes) is 2. The zero-order chi connectivity index (χ0) is 20.5. The molecule has 0 aliphatic rings. The molecular weight excluding hydrogens is 354 g/mol. The van der Waals surface area contributed by atoms with E-state index in [0.29, 0.717) is 5.92 Å². The van der Waals surface area contributed by atoms with Crippen molar-refractivity contribution in [2.75, 3.05) is 6.61 Å². The number of aryl methyl sites for hydroxylation is 1. The molecule has 0 fully saturated rings. The van der Waals surface area contributed by atoms with E-state index in [0.717, 1.165) is 37.3 Å². The van der Waals surface area contributed by atoms with Gasteiger partial charge in [0.2, 0.25) is 0 Å². The van der Waals surface area contributed by atoms with Crippen LogP contribution in [0.15, 0.2) is 66.9 Å². The van der Waals surface area contributed by atoms with E-state index in [1.165, 1.54) is 35.1 Å².